The minimum atomic E-state index is -0.0690. The van der Waals surface area contributed by atoms with Gasteiger partial charge < -0.3 is 24.1 Å². The Hall–Kier alpha value is -2.47. The van der Waals surface area contributed by atoms with Gasteiger partial charge in [-0.2, -0.15) is 0 Å². The molecule has 1 saturated heterocycles. The van der Waals surface area contributed by atoms with Crippen molar-refractivity contribution >= 4 is 6.03 Å². The van der Waals surface area contributed by atoms with Crippen LogP contribution < -0.4 is 10.1 Å². The van der Waals surface area contributed by atoms with E-state index in [1.165, 1.54) is 0 Å². The Balaban J connectivity index is 1.50. The molecule has 28 heavy (non-hydrogen) atoms. The molecule has 1 fully saturated rings. The fraction of sp³-hybridized carbons (Fsp3) is 0.500. The minimum absolute atomic E-state index is 0.000310. The van der Waals surface area contributed by atoms with E-state index in [1.54, 1.807) is 13.4 Å². The molecule has 150 valence electrons. The van der Waals surface area contributed by atoms with Crippen LogP contribution in [0.5, 0.6) is 5.75 Å². The molecule has 1 aliphatic heterocycles. The van der Waals surface area contributed by atoms with Crippen LogP contribution in [0.4, 0.5) is 4.79 Å². The number of nitrogens with one attached hydrogen (secondary N) is 1. The van der Waals surface area contributed by atoms with E-state index in [1.807, 2.05) is 35.2 Å². The van der Waals surface area contributed by atoms with Crippen molar-refractivity contribution < 1.29 is 18.7 Å². The summed E-state index contributed by atoms with van der Waals surface area (Å²) in [7, 11) is 1.66. The highest BCUT2D eigenvalue weighted by Crippen LogP contribution is 2.31. The summed E-state index contributed by atoms with van der Waals surface area (Å²) in [6.07, 6.45) is 6.74. The van der Waals surface area contributed by atoms with Crippen molar-refractivity contribution in [3.8, 4) is 5.75 Å². The second-order valence-electron chi connectivity index (χ2n) is 7.52. The summed E-state index contributed by atoms with van der Waals surface area (Å²) in [6, 6.07) is 9.75. The SMILES string of the molecule is COc1ccccc1CN(CC1CCCO1)C(=O)NC1CCCc2occc21. The number of hydrogen-bond donors (Lipinski definition) is 1. The van der Waals surface area contributed by atoms with Gasteiger partial charge in [-0.3, -0.25) is 0 Å². The largest absolute Gasteiger partial charge is 0.496 e. The van der Waals surface area contributed by atoms with Gasteiger partial charge in [-0.15, -0.1) is 0 Å². The summed E-state index contributed by atoms with van der Waals surface area (Å²) in [4.78, 5) is 15.1. The maximum atomic E-state index is 13.2. The maximum Gasteiger partial charge on any atom is 0.318 e. The highest BCUT2D eigenvalue weighted by Gasteiger charge is 2.28. The van der Waals surface area contributed by atoms with Gasteiger partial charge in [0.15, 0.2) is 0 Å². The number of rotatable bonds is 6. The van der Waals surface area contributed by atoms with Gasteiger partial charge in [0.2, 0.25) is 0 Å². The first kappa shape index (κ1) is 18.9. The number of hydrogen-bond acceptors (Lipinski definition) is 4. The number of furan rings is 1. The van der Waals surface area contributed by atoms with E-state index in [0.29, 0.717) is 13.1 Å². The fourth-order valence-corrected chi connectivity index (χ4v) is 4.17. The molecule has 1 aromatic carbocycles. The summed E-state index contributed by atoms with van der Waals surface area (Å²) in [5, 5.41) is 3.22. The molecule has 2 aromatic rings. The number of carbonyl (C=O) groups is 1. The molecule has 4 rings (SSSR count). The van der Waals surface area contributed by atoms with Gasteiger partial charge in [0.05, 0.1) is 32.1 Å². The van der Waals surface area contributed by atoms with Crippen molar-refractivity contribution in [2.75, 3.05) is 20.3 Å². The predicted octanol–water partition coefficient (Wildman–Crippen LogP) is 4.06. The highest BCUT2D eigenvalue weighted by atomic mass is 16.5. The molecule has 1 aliphatic carbocycles. The first-order valence-electron chi connectivity index (χ1n) is 10.1. The molecule has 2 atom stereocenters. The average Bonchev–Trinajstić information content (AvgIpc) is 3.40. The molecular weight excluding hydrogens is 356 g/mol. The molecule has 0 saturated carbocycles. The van der Waals surface area contributed by atoms with E-state index in [9.17, 15) is 4.79 Å². The molecule has 2 amide bonds. The third-order valence-corrected chi connectivity index (χ3v) is 5.64. The molecule has 1 aromatic heterocycles. The highest BCUT2D eigenvalue weighted by molar-refractivity contribution is 5.75. The number of urea groups is 1. The van der Waals surface area contributed by atoms with Gasteiger partial charge in [0, 0.05) is 30.7 Å². The average molecular weight is 384 g/mol. The molecular formula is C22H28N2O4. The number of ether oxygens (including phenoxy) is 2. The molecule has 0 bridgehead atoms. The number of nitrogens with zero attached hydrogens (tertiary/aromatic N) is 1. The maximum absolute atomic E-state index is 13.2. The van der Waals surface area contributed by atoms with Crippen LogP contribution in [0.15, 0.2) is 41.0 Å². The Labute approximate surface area is 165 Å². The number of aryl methyl sites for hydroxylation is 1. The van der Waals surface area contributed by atoms with Gasteiger partial charge in [-0.25, -0.2) is 4.79 Å². The molecule has 0 spiro atoms. The van der Waals surface area contributed by atoms with E-state index in [-0.39, 0.29) is 18.2 Å². The van der Waals surface area contributed by atoms with Crippen molar-refractivity contribution in [3.63, 3.8) is 0 Å². The molecule has 0 radical (unpaired) electrons. The van der Waals surface area contributed by atoms with Gasteiger partial charge in [-0.05, 0) is 37.8 Å². The third kappa shape index (κ3) is 4.17. The van der Waals surface area contributed by atoms with Crippen LogP contribution in [0.1, 0.15) is 48.6 Å². The van der Waals surface area contributed by atoms with Crippen molar-refractivity contribution in [1.82, 2.24) is 10.2 Å². The van der Waals surface area contributed by atoms with Crippen LogP contribution in [0.2, 0.25) is 0 Å². The zero-order valence-corrected chi connectivity index (χ0v) is 16.4. The van der Waals surface area contributed by atoms with Crippen LogP contribution in [0.3, 0.4) is 0 Å². The number of amides is 2. The van der Waals surface area contributed by atoms with E-state index in [4.69, 9.17) is 13.9 Å². The van der Waals surface area contributed by atoms with Gasteiger partial charge in [0.25, 0.3) is 0 Å². The third-order valence-electron chi connectivity index (χ3n) is 5.64. The Kier molecular flexibility index (Phi) is 5.86. The number of benzene rings is 1. The second kappa shape index (κ2) is 8.69. The Morgan fingerprint density at radius 3 is 2.96 bits per heavy atom. The second-order valence-corrected chi connectivity index (χ2v) is 7.52. The summed E-state index contributed by atoms with van der Waals surface area (Å²) < 4.78 is 16.8. The molecule has 2 aliphatic rings. The van der Waals surface area contributed by atoms with Gasteiger partial charge >= 0.3 is 6.03 Å². The number of fused-ring (bicyclic) bond motifs is 1. The van der Waals surface area contributed by atoms with Crippen LogP contribution in [-0.2, 0) is 17.7 Å². The lowest BCUT2D eigenvalue weighted by molar-refractivity contribution is 0.0785. The normalized spacial score (nSPS) is 21.2. The van der Waals surface area contributed by atoms with Crippen molar-refractivity contribution in [2.45, 2.75) is 50.8 Å². The van der Waals surface area contributed by atoms with Crippen molar-refractivity contribution in [3.05, 3.63) is 53.5 Å². The van der Waals surface area contributed by atoms with Crippen LogP contribution in [-0.4, -0.2) is 37.3 Å². The van der Waals surface area contributed by atoms with Crippen LogP contribution in [0, 0.1) is 0 Å². The van der Waals surface area contributed by atoms with E-state index < -0.39 is 0 Å². The van der Waals surface area contributed by atoms with Gasteiger partial charge in [0.1, 0.15) is 11.5 Å². The Bertz CT molecular complexity index is 797. The molecule has 6 heteroatoms. The van der Waals surface area contributed by atoms with E-state index >= 15 is 0 Å². The zero-order chi connectivity index (χ0) is 19.3. The minimum Gasteiger partial charge on any atom is -0.496 e. The summed E-state index contributed by atoms with van der Waals surface area (Å²) in [6.45, 7) is 1.84. The zero-order valence-electron chi connectivity index (χ0n) is 16.4. The lowest BCUT2D eigenvalue weighted by Gasteiger charge is -2.30. The molecule has 2 heterocycles. The summed E-state index contributed by atoms with van der Waals surface area (Å²) in [5.41, 5.74) is 2.10. The quantitative estimate of drug-likeness (QED) is 0.816. The molecule has 2 unspecified atom stereocenters. The lowest BCUT2D eigenvalue weighted by Crippen LogP contribution is -2.45. The first-order chi connectivity index (χ1) is 13.7. The van der Waals surface area contributed by atoms with Gasteiger partial charge in [-0.1, -0.05) is 18.2 Å². The number of para-hydroxylation sites is 1. The molecule has 6 nitrogen and oxygen atoms in total. The fourth-order valence-electron chi connectivity index (χ4n) is 4.17. The van der Waals surface area contributed by atoms with Crippen LogP contribution >= 0.6 is 0 Å². The summed E-state index contributed by atoms with van der Waals surface area (Å²) >= 11 is 0. The monoisotopic (exact) mass is 384 g/mol. The predicted molar refractivity (Wildman–Crippen MR) is 105 cm³/mol. The van der Waals surface area contributed by atoms with E-state index in [2.05, 4.69) is 5.32 Å². The Morgan fingerprint density at radius 2 is 2.14 bits per heavy atom. The van der Waals surface area contributed by atoms with Crippen molar-refractivity contribution in [2.24, 2.45) is 0 Å². The Morgan fingerprint density at radius 1 is 1.25 bits per heavy atom. The lowest BCUT2D eigenvalue weighted by atomic mass is 9.93. The van der Waals surface area contributed by atoms with E-state index in [0.717, 1.165) is 61.3 Å². The number of methoxy groups -OCH3 is 1. The van der Waals surface area contributed by atoms with Crippen LogP contribution in [0.25, 0.3) is 0 Å². The topological polar surface area (TPSA) is 63.9 Å². The van der Waals surface area contributed by atoms with Crippen molar-refractivity contribution in [1.29, 1.82) is 0 Å². The number of carbonyl (C=O) groups excluding carboxylic acids is 1. The first-order valence-corrected chi connectivity index (χ1v) is 10.1. The summed E-state index contributed by atoms with van der Waals surface area (Å²) in [5.74, 6) is 1.79. The smallest absolute Gasteiger partial charge is 0.318 e. The molecule has 1 N–H and O–H groups in total. The standard InChI is InChI=1S/C22H28N2O4/c1-26-20-9-3-2-6-16(20)14-24(15-17-7-5-12-27-17)22(25)23-19-8-4-10-21-18(19)11-13-28-21/h2-3,6,9,11,13,17,19H,4-5,7-8,10,12,14-15H2,1H3,(H,23,25).